The second-order valence-corrected chi connectivity index (χ2v) is 7.70. The average Bonchev–Trinajstić information content (AvgIpc) is 3.32. The maximum absolute atomic E-state index is 12.7. The van der Waals surface area contributed by atoms with E-state index < -0.39 is 5.97 Å². The average molecular weight is 466 g/mol. The first kappa shape index (κ1) is 23.3. The molecule has 1 aromatic heterocycles. The van der Waals surface area contributed by atoms with Crippen LogP contribution < -0.4 is 15.4 Å². The Morgan fingerprint density at radius 1 is 1.12 bits per heavy atom. The predicted octanol–water partition coefficient (Wildman–Crippen LogP) is 2.85. The molecule has 10 heteroatoms. The summed E-state index contributed by atoms with van der Waals surface area (Å²) in [5, 5.41) is 15.0. The van der Waals surface area contributed by atoms with Crippen LogP contribution in [-0.2, 0) is 4.74 Å². The Kier molecular flexibility index (Phi) is 7.41. The number of ether oxygens (including phenoxy) is 2. The SMILES string of the molecule is COc1cc(Nc2ncc(-c3ccc(C(=O)O)cc3)o2)cc(C(=O)NCCN2CCOCC2)c1. The van der Waals surface area contributed by atoms with E-state index in [1.807, 2.05) is 0 Å². The fraction of sp³-hybridized carbons (Fsp3) is 0.292. The first-order chi connectivity index (χ1) is 16.5. The van der Waals surface area contributed by atoms with Crippen molar-refractivity contribution in [3.05, 3.63) is 59.8 Å². The molecule has 3 N–H and O–H groups in total. The number of amides is 1. The summed E-state index contributed by atoms with van der Waals surface area (Å²) in [5.41, 5.74) is 1.90. The summed E-state index contributed by atoms with van der Waals surface area (Å²) in [5.74, 6) is -0.213. The van der Waals surface area contributed by atoms with E-state index in [2.05, 4.69) is 20.5 Å². The number of nitrogens with zero attached hydrogens (tertiary/aromatic N) is 2. The van der Waals surface area contributed by atoms with Crippen molar-refractivity contribution in [3.8, 4) is 17.1 Å². The standard InChI is InChI=1S/C24H26N4O6/c1-32-20-13-18(22(29)25-6-7-28-8-10-33-11-9-28)12-19(14-20)27-24-26-15-21(34-24)16-2-4-17(5-3-16)23(30)31/h2-5,12-15H,6-11H2,1H3,(H,25,29)(H,26,27)(H,30,31). The van der Waals surface area contributed by atoms with Gasteiger partial charge in [-0.25, -0.2) is 9.78 Å². The van der Waals surface area contributed by atoms with E-state index in [0.29, 0.717) is 34.9 Å². The number of carboxylic acids is 1. The van der Waals surface area contributed by atoms with Crippen LogP contribution in [0.25, 0.3) is 11.3 Å². The van der Waals surface area contributed by atoms with Crippen molar-refractivity contribution < 1.29 is 28.6 Å². The molecule has 3 aromatic rings. The van der Waals surface area contributed by atoms with Gasteiger partial charge in [-0.15, -0.1) is 0 Å². The van der Waals surface area contributed by atoms with E-state index in [1.54, 1.807) is 30.3 Å². The zero-order valence-corrected chi connectivity index (χ0v) is 18.7. The van der Waals surface area contributed by atoms with Crippen molar-refractivity contribution in [2.45, 2.75) is 0 Å². The van der Waals surface area contributed by atoms with Crippen molar-refractivity contribution in [1.29, 1.82) is 0 Å². The van der Waals surface area contributed by atoms with Gasteiger partial charge in [0, 0.05) is 49.1 Å². The Morgan fingerprint density at radius 3 is 2.59 bits per heavy atom. The minimum atomic E-state index is -0.995. The number of aromatic carboxylic acids is 1. The van der Waals surface area contributed by atoms with Crippen LogP contribution in [0.3, 0.4) is 0 Å². The number of benzene rings is 2. The monoisotopic (exact) mass is 466 g/mol. The van der Waals surface area contributed by atoms with Crippen LogP contribution in [-0.4, -0.2) is 73.4 Å². The molecule has 10 nitrogen and oxygen atoms in total. The fourth-order valence-electron chi connectivity index (χ4n) is 3.54. The molecule has 0 atom stereocenters. The molecule has 1 aliphatic heterocycles. The van der Waals surface area contributed by atoms with Gasteiger partial charge < -0.3 is 29.6 Å². The third-order valence-corrected chi connectivity index (χ3v) is 5.40. The third kappa shape index (κ3) is 5.91. The van der Waals surface area contributed by atoms with Crippen molar-refractivity contribution in [2.24, 2.45) is 0 Å². The Labute approximate surface area is 196 Å². The molecule has 0 unspecified atom stereocenters. The molecule has 34 heavy (non-hydrogen) atoms. The van der Waals surface area contributed by atoms with Gasteiger partial charge in [0.25, 0.3) is 11.9 Å². The zero-order valence-electron chi connectivity index (χ0n) is 18.7. The maximum Gasteiger partial charge on any atom is 0.335 e. The smallest absolute Gasteiger partial charge is 0.335 e. The number of carboxylic acid groups (broad SMARTS) is 1. The number of carbonyl (C=O) groups excluding carboxylic acids is 1. The number of rotatable bonds is 9. The summed E-state index contributed by atoms with van der Waals surface area (Å²) < 4.78 is 16.4. The van der Waals surface area contributed by atoms with Gasteiger partial charge in [-0.3, -0.25) is 9.69 Å². The zero-order chi connectivity index (χ0) is 23.9. The van der Waals surface area contributed by atoms with E-state index in [1.165, 1.54) is 25.4 Å². The highest BCUT2D eigenvalue weighted by Gasteiger charge is 2.14. The maximum atomic E-state index is 12.7. The number of nitrogens with one attached hydrogen (secondary N) is 2. The molecule has 0 saturated carbocycles. The molecule has 0 radical (unpaired) electrons. The highest BCUT2D eigenvalue weighted by molar-refractivity contribution is 5.95. The highest BCUT2D eigenvalue weighted by Crippen LogP contribution is 2.27. The Hall–Kier alpha value is -3.89. The molecule has 1 fully saturated rings. The van der Waals surface area contributed by atoms with Gasteiger partial charge in [0.2, 0.25) is 0 Å². The second-order valence-electron chi connectivity index (χ2n) is 7.70. The number of methoxy groups -OCH3 is 1. The quantitative estimate of drug-likeness (QED) is 0.436. The molecule has 1 saturated heterocycles. The van der Waals surface area contributed by atoms with Crippen LogP contribution in [0.1, 0.15) is 20.7 Å². The predicted molar refractivity (Wildman–Crippen MR) is 125 cm³/mol. The fourth-order valence-corrected chi connectivity index (χ4v) is 3.54. The molecule has 4 rings (SSSR count). The molecule has 2 aromatic carbocycles. The first-order valence-electron chi connectivity index (χ1n) is 10.9. The van der Waals surface area contributed by atoms with Gasteiger partial charge in [0.05, 0.1) is 32.1 Å². The largest absolute Gasteiger partial charge is 0.497 e. The van der Waals surface area contributed by atoms with Gasteiger partial charge in [0.15, 0.2) is 5.76 Å². The second kappa shape index (κ2) is 10.8. The topological polar surface area (TPSA) is 126 Å². The molecule has 0 spiro atoms. The van der Waals surface area contributed by atoms with Crippen LogP contribution in [0, 0.1) is 0 Å². The van der Waals surface area contributed by atoms with E-state index >= 15 is 0 Å². The number of carbonyl (C=O) groups is 2. The van der Waals surface area contributed by atoms with Crippen molar-refractivity contribution in [2.75, 3.05) is 51.8 Å². The molecule has 178 valence electrons. The molecular formula is C24H26N4O6. The Bertz CT molecular complexity index is 1140. The molecule has 1 aliphatic rings. The molecule has 0 bridgehead atoms. The summed E-state index contributed by atoms with van der Waals surface area (Å²) >= 11 is 0. The normalized spacial score (nSPS) is 13.9. The molecule has 2 heterocycles. The summed E-state index contributed by atoms with van der Waals surface area (Å²) in [4.78, 5) is 30.2. The molecular weight excluding hydrogens is 440 g/mol. The summed E-state index contributed by atoms with van der Waals surface area (Å²) in [6, 6.07) is 11.6. The van der Waals surface area contributed by atoms with E-state index in [-0.39, 0.29) is 17.5 Å². The van der Waals surface area contributed by atoms with Crippen molar-refractivity contribution in [1.82, 2.24) is 15.2 Å². The number of anilines is 2. The lowest BCUT2D eigenvalue weighted by atomic mass is 10.1. The minimum Gasteiger partial charge on any atom is -0.497 e. The van der Waals surface area contributed by atoms with Crippen LogP contribution in [0.15, 0.2) is 53.1 Å². The number of hydrogen-bond donors (Lipinski definition) is 3. The Balaban J connectivity index is 1.41. The van der Waals surface area contributed by atoms with Crippen LogP contribution in [0.2, 0.25) is 0 Å². The lowest BCUT2D eigenvalue weighted by Gasteiger charge is -2.26. The van der Waals surface area contributed by atoms with Crippen molar-refractivity contribution >= 4 is 23.6 Å². The first-order valence-corrected chi connectivity index (χ1v) is 10.9. The number of hydrogen-bond acceptors (Lipinski definition) is 8. The number of oxazole rings is 1. The van der Waals surface area contributed by atoms with Crippen molar-refractivity contribution in [3.63, 3.8) is 0 Å². The van der Waals surface area contributed by atoms with Crippen LogP contribution in [0.4, 0.5) is 11.7 Å². The van der Waals surface area contributed by atoms with Crippen LogP contribution in [0.5, 0.6) is 5.75 Å². The Morgan fingerprint density at radius 2 is 1.88 bits per heavy atom. The highest BCUT2D eigenvalue weighted by atomic mass is 16.5. The minimum absolute atomic E-state index is 0.189. The number of aromatic nitrogens is 1. The number of morpholine rings is 1. The summed E-state index contributed by atoms with van der Waals surface area (Å²) in [6.07, 6.45) is 1.54. The third-order valence-electron chi connectivity index (χ3n) is 5.40. The van der Waals surface area contributed by atoms with E-state index in [4.69, 9.17) is 19.0 Å². The molecule has 1 amide bonds. The van der Waals surface area contributed by atoms with Gasteiger partial charge in [-0.2, -0.15) is 0 Å². The molecule has 0 aliphatic carbocycles. The summed E-state index contributed by atoms with van der Waals surface area (Å²) in [7, 11) is 1.53. The lowest BCUT2D eigenvalue weighted by Crippen LogP contribution is -2.41. The van der Waals surface area contributed by atoms with Gasteiger partial charge >= 0.3 is 5.97 Å². The summed E-state index contributed by atoms with van der Waals surface area (Å²) in [6.45, 7) is 4.46. The van der Waals surface area contributed by atoms with Gasteiger partial charge in [0.1, 0.15) is 5.75 Å². The van der Waals surface area contributed by atoms with E-state index in [9.17, 15) is 9.59 Å². The lowest BCUT2D eigenvalue weighted by molar-refractivity contribution is 0.0383. The van der Waals surface area contributed by atoms with Gasteiger partial charge in [-0.05, 0) is 24.3 Å². The van der Waals surface area contributed by atoms with Crippen LogP contribution >= 0.6 is 0 Å². The van der Waals surface area contributed by atoms with Gasteiger partial charge in [-0.1, -0.05) is 12.1 Å². The van der Waals surface area contributed by atoms with E-state index in [0.717, 1.165) is 32.8 Å².